The molecule has 0 unspecified atom stereocenters. The average molecular weight is 2150 g/mol. The van der Waals surface area contributed by atoms with E-state index < -0.39 is 184 Å². The number of carbonyl (C=O) groups excluding carboxylic acids is 3. The molecule has 12 aromatic rings. The van der Waals surface area contributed by atoms with Gasteiger partial charge in [-0.05, 0) is 151 Å². The van der Waals surface area contributed by atoms with Gasteiger partial charge in [0.2, 0.25) is 17.7 Å². The van der Waals surface area contributed by atoms with Crippen molar-refractivity contribution >= 4 is 219 Å². The third-order valence-corrected chi connectivity index (χ3v) is 29.8. The van der Waals surface area contributed by atoms with Crippen LogP contribution in [0.15, 0.2) is 81.8 Å². The molecule has 3 aliphatic rings. The minimum Gasteiger partial charge on any atom is -0.505 e. The number of phenols is 3. The molecule has 9 aromatic heterocycles. The summed E-state index contributed by atoms with van der Waals surface area (Å²) >= 11 is 79.2. The first-order valence-electron chi connectivity index (χ1n) is 43.9. The summed E-state index contributed by atoms with van der Waals surface area (Å²) in [6.07, 6.45) is 8.35. The number of nitrogens with zero attached hydrogens (tertiary/aromatic N) is 18. The van der Waals surface area contributed by atoms with Gasteiger partial charge in [-0.25, -0.2) is 28.1 Å². The van der Waals surface area contributed by atoms with E-state index in [2.05, 4.69) is 29.8 Å². The number of carbonyl (C=O) groups is 3. The summed E-state index contributed by atoms with van der Waals surface area (Å²) in [5.41, 5.74) is -3.78. The predicted molar refractivity (Wildman–Crippen MR) is 550 cm³/mol. The summed E-state index contributed by atoms with van der Waals surface area (Å²) in [5.74, 6) is -8.77. The van der Waals surface area contributed by atoms with Crippen LogP contribution in [-0.2, 0) is 14.4 Å². The Morgan fingerprint density at radius 1 is 0.404 bits per heavy atom. The summed E-state index contributed by atoms with van der Waals surface area (Å²) in [6, 6.07) is 11.6. The summed E-state index contributed by atoms with van der Waals surface area (Å²) in [7, 11) is 0. The lowest BCUT2D eigenvalue weighted by molar-refractivity contribution is -0.131. The highest BCUT2D eigenvalue weighted by molar-refractivity contribution is 6.48. The Balaban J connectivity index is 0.771. The molecule has 6 atom stereocenters. The highest BCUT2D eigenvalue weighted by Gasteiger charge is 2.43. The van der Waals surface area contributed by atoms with Crippen molar-refractivity contribution in [2.24, 2.45) is 0 Å². The number of aromatic nitrogens is 9. The van der Waals surface area contributed by atoms with Gasteiger partial charge in [-0.15, -0.1) is 0 Å². The van der Waals surface area contributed by atoms with E-state index in [1.54, 1.807) is 144 Å². The Morgan fingerprint density at radius 3 is 0.936 bits per heavy atom. The van der Waals surface area contributed by atoms with E-state index in [0.29, 0.717) is 22.4 Å². The van der Waals surface area contributed by atoms with Crippen molar-refractivity contribution in [2.75, 3.05) is 54.0 Å². The van der Waals surface area contributed by atoms with E-state index in [-0.39, 0.29) is 179 Å². The van der Waals surface area contributed by atoms with Crippen molar-refractivity contribution in [3.63, 3.8) is 0 Å². The molecule has 3 amide bonds. The number of piperazine rings is 3. The van der Waals surface area contributed by atoms with E-state index in [1.165, 1.54) is 57.7 Å². The van der Waals surface area contributed by atoms with Gasteiger partial charge in [0.05, 0.1) is 142 Å². The first-order valence-corrected chi connectivity index (χ1v) is 48.5. The Kier molecular flexibility index (Phi) is 29.4. The van der Waals surface area contributed by atoms with Crippen LogP contribution in [0.5, 0.6) is 17.2 Å². The molecule has 15 rings (SSSR count). The molecular weight excluding hydrogens is 2070 g/mol. The highest BCUT2D eigenvalue weighted by Crippen LogP contribution is 2.54. The van der Waals surface area contributed by atoms with Crippen LogP contribution in [0.4, 0.5) is 30.2 Å². The van der Waals surface area contributed by atoms with E-state index >= 15 is 32.3 Å². The summed E-state index contributed by atoms with van der Waals surface area (Å²) in [5, 5.41) is 60.9. The largest absolute Gasteiger partial charge is 0.505 e. The van der Waals surface area contributed by atoms with Gasteiger partial charge in [-0.1, -0.05) is 187 Å². The minimum absolute atomic E-state index is 0.00947. The molecule has 0 saturated carbocycles. The molecule has 12 heterocycles. The van der Waals surface area contributed by atoms with Crippen molar-refractivity contribution in [3.8, 4) is 86.3 Å². The molecular formula is C99H83Cl12F3N18O9. The lowest BCUT2D eigenvalue weighted by atomic mass is 10.00. The highest BCUT2D eigenvalue weighted by atomic mass is 35.5. The zero-order chi connectivity index (χ0) is 103. The Morgan fingerprint density at radius 2 is 0.674 bits per heavy atom. The van der Waals surface area contributed by atoms with E-state index in [4.69, 9.17) is 164 Å². The van der Waals surface area contributed by atoms with Crippen LogP contribution >= 0.6 is 139 Å². The molecule has 3 N–H and O–H groups in total. The van der Waals surface area contributed by atoms with Gasteiger partial charge < -0.3 is 44.7 Å². The van der Waals surface area contributed by atoms with Crippen LogP contribution in [0, 0.1) is 72.2 Å². The molecule has 3 saturated heterocycles. The van der Waals surface area contributed by atoms with Crippen molar-refractivity contribution in [1.29, 1.82) is 15.8 Å². The van der Waals surface area contributed by atoms with Crippen LogP contribution in [0.25, 0.3) is 96.1 Å². The number of phenolic OH excluding ortho intramolecular Hbond substituents is 3. The number of hydrogen-bond donors (Lipinski definition) is 3. The number of halogens is 15. The fourth-order valence-corrected chi connectivity index (χ4v) is 22.2. The second-order valence-electron chi connectivity index (χ2n) is 35.9. The van der Waals surface area contributed by atoms with Gasteiger partial charge in [-0.2, -0.15) is 15.8 Å². The summed E-state index contributed by atoms with van der Waals surface area (Å²) in [6.45, 7) is 30.4. The summed E-state index contributed by atoms with van der Waals surface area (Å²) in [4.78, 5) is 130. The van der Waals surface area contributed by atoms with Gasteiger partial charge >= 0.3 is 0 Å². The predicted octanol–water partition coefficient (Wildman–Crippen LogP) is 23.1. The SMILES string of the molecule is C=CC(=O)N1[C@H](C)CN(c2c(C#N)c(=O)n(-c3c(C)cc(/C=C\C(=O)N4[C@H](C)CN(c5c(C#N)c(=O)n(-c6c(C)cc(/C=C\C(=O)N7[C@H](C)CN(c8c(C#N)c(=O)n(-c9c(C)ccnc9C(C)C)c9nc(-c%10c(F)c(Cl)c(Cl)c(O)c%10Cl)c(Cl)cc89)C[C@@H]7C)nc6C(C)C)c6nc(-c7c(F)c(Cl)c(Cl)c(O)c7Cl)c(Cl)cc56)C[C@@H]4C)nc3C(C)C)c3nc(-c4c(F)c(Cl)c(Cl)c(O)c4Cl)c(Cl)cc23)C[C@@H]1C. The van der Waals surface area contributed by atoms with Crippen LogP contribution in [0.3, 0.4) is 0 Å². The number of rotatable bonds is 17. The Labute approximate surface area is 865 Å². The van der Waals surface area contributed by atoms with Crippen LogP contribution in [-0.4, -0.2) is 167 Å². The average Bonchev–Trinajstić information content (AvgIpc) is 0.725. The number of fused-ring (bicyclic) bond motifs is 3. The number of nitriles is 3. The van der Waals surface area contributed by atoms with Gasteiger partial charge in [-0.3, -0.25) is 57.4 Å². The first-order chi connectivity index (χ1) is 66.5. The molecule has 0 aliphatic carbocycles. The van der Waals surface area contributed by atoms with Gasteiger partial charge in [0, 0.05) is 110 Å². The number of hydrogen-bond acceptors (Lipinski definition) is 21. The standard InChI is InChI=1S/C99H83Cl12F3N18O9/c1-17-61(133)127-44(11)32-124(33-45(127)12)89-53-27-59(101)83(65-68(104)92(137)74(110)71(107)77(65)113)122-95(53)131(98(140)56(89)30-116)86-42(9)24-50(119-80(86)39(4)5)19-21-63(135)129-48(15)36-126(37-49(129)16)90-54-28-60(102)84(66-69(105)93(138)75(111)72(108)78(66)114)123-96(54)132(99(141)57(90)31-117)87-43(10)25-51(120-81(87)40(6)7)18-20-62(134)128-46(13)34-125(35-47(128)14)88-52-26-58(100)82(64-67(103)91(136)73(109)70(106)76(64)112)121-94(52)130(97(139)55(88)29-115)85-41(8)22-23-118-79(85)38(2)3/h17-28,38-40,44-49,136-138H,1,32-37H2,2-16H3/b20-18-,21-19-/t44-,45+,46-,47+,48-,49+. The molecule has 27 nitrogen and oxygen atoms in total. The van der Waals surface area contributed by atoms with Gasteiger partial charge in [0.1, 0.15) is 66.9 Å². The van der Waals surface area contributed by atoms with E-state index in [1.807, 2.05) is 13.8 Å². The molecule has 728 valence electrons. The second-order valence-corrected chi connectivity index (χ2v) is 40.5. The molecule has 3 fully saturated rings. The normalized spacial score (nSPS) is 17.0. The number of anilines is 3. The third-order valence-electron chi connectivity index (χ3n) is 25.4. The Hall–Kier alpha value is -11.6. The van der Waals surface area contributed by atoms with E-state index in [9.17, 15) is 40.7 Å². The van der Waals surface area contributed by atoms with Crippen LogP contribution in [0.2, 0.25) is 60.3 Å². The van der Waals surface area contributed by atoms with Crippen molar-refractivity contribution < 1.29 is 42.9 Å². The topological polar surface area (TPSA) is 346 Å². The third kappa shape index (κ3) is 17.7. The van der Waals surface area contributed by atoms with Crippen molar-refractivity contribution in [2.45, 2.75) is 158 Å². The van der Waals surface area contributed by atoms with Crippen LogP contribution < -0.4 is 31.4 Å². The molecule has 3 aliphatic heterocycles. The molecule has 0 radical (unpaired) electrons. The fourth-order valence-electron chi connectivity index (χ4n) is 19.4. The fraction of sp³-hybridized carbons (Fsp3) is 0.303. The molecule has 141 heavy (non-hydrogen) atoms. The van der Waals surface area contributed by atoms with E-state index in [0.717, 1.165) is 4.57 Å². The number of aromatic hydroxyl groups is 3. The number of benzene rings is 3. The zero-order valence-corrected chi connectivity index (χ0v) is 86.7. The summed E-state index contributed by atoms with van der Waals surface area (Å²) < 4.78 is 53.4. The molecule has 0 spiro atoms. The number of pyridine rings is 9. The molecule has 3 aromatic carbocycles. The van der Waals surface area contributed by atoms with Crippen LogP contribution in [0.1, 0.15) is 163 Å². The van der Waals surface area contributed by atoms with Gasteiger partial charge in [0.15, 0.2) is 34.7 Å². The maximum absolute atomic E-state index is 16.9. The van der Waals surface area contributed by atoms with Crippen molar-refractivity contribution in [3.05, 3.63) is 238 Å². The lowest BCUT2D eigenvalue weighted by Gasteiger charge is -2.45. The first kappa shape index (κ1) is 104. The molecule has 0 bridgehead atoms. The van der Waals surface area contributed by atoms with Crippen molar-refractivity contribution in [1.82, 2.24) is 58.3 Å². The monoisotopic (exact) mass is 2140 g/mol. The second kappa shape index (κ2) is 39.9. The minimum atomic E-state index is -1.25. The number of aryl methyl sites for hydroxylation is 3. The Bertz CT molecular complexity index is 7770. The lowest BCUT2D eigenvalue weighted by Crippen LogP contribution is -2.58. The maximum atomic E-state index is 16.9. The quantitative estimate of drug-likeness (QED) is 0.0433. The maximum Gasteiger partial charge on any atom is 0.276 e. The molecule has 42 heteroatoms. The number of amides is 3. The smallest absolute Gasteiger partial charge is 0.276 e. The zero-order valence-electron chi connectivity index (χ0n) is 77.6. The van der Waals surface area contributed by atoms with Gasteiger partial charge in [0.25, 0.3) is 16.7 Å².